The minimum absolute atomic E-state index is 0.0805. The van der Waals surface area contributed by atoms with Gasteiger partial charge in [-0.15, -0.1) is 0 Å². The Balaban J connectivity index is 2.08. The monoisotopic (exact) mass is 276 g/mol. The van der Waals surface area contributed by atoms with Gasteiger partial charge in [-0.1, -0.05) is 6.07 Å². The molecule has 1 heterocycles. The molecule has 1 aliphatic rings. The van der Waals surface area contributed by atoms with Gasteiger partial charge in [0.25, 0.3) is 5.91 Å². The van der Waals surface area contributed by atoms with Crippen LogP contribution in [0.15, 0.2) is 24.3 Å². The number of hydrogen-bond donors (Lipinski definition) is 1. The SMILES string of the molecule is CCOc1cccc(C(=O)N2CCC[C@@H]([C@H](C)N)C2)c1. The van der Waals surface area contributed by atoms with E-state index >= 15 is 0 Å². The third-order valence-electron chi connectivity index (χ3n) is 3.88. The molecule has 1 fully saturated rings. The standard InChI is InChI=1S/C16H24N2O2/c1-3-20-15-8-4-6-13(10-15)16(19)18-9-5-7-14(11-18)12(2)17/h4,6,8,10,12,14H,3,5,7,9,11,17H2,1-2H3/t12-,14+/m0/s1. The van der Waals surface area contributed by atoms with E-state index in [9.17, 15) is 4.79 Å². The second kappa shape index (κ2) is 6.75. The molecule has 0 aliphatic carbocycles. The summed E-state index contributed by atoms with van der Waals surface area (Å²) in [5, 5.41) is 0. The Morgan fingerprint density at radius 3 is 3.05 bits per heavy atom. The molecule has 4 heteroatoms. The van der Waals surface area contributed by atoms with Crippen LogP contribution in [0.2, 0.25) is 0 Å². The fourth-order valence-corrected chi connectivity index (χ4v) is 2.69. The Morgan fingerprint density at radius 1 is 1.55 bits per heavy atom. The molecule has 1 saturated heterocycles. The van der Waals surface area contributed by atoms with E-state index in [0.29, 0.717) is 18.1 Å². The Labute approximate surface area is 120 Å². The first-order chi connectivity index (χ1) is 9.61. The molecule has 4 nitrogen and oxygen atoms in total. The summed E-state index contributed by atoms with van der Waals surface area (Å²) in [7, 11) is 0. The van der Waals surface area contributed by atoms with Crippen LogP contribution in [-0.4, -0.2) is 36.5 Å². The normalized spacial score (nSPS) is 20.6. The van der Waals surface area contributed by atoms with E-state index in [-0.39, 0.29) is 11.9 Å². The van der Waals surface area contributed by atoms with Crippen LogP contribution in [0, 0.1) is 5.92 Å². The molecule has 0 spiro atoms. The summed E-state index contributed by atoms with van der Waals surface area (Å²) in [6.45, 7) is 6.14. The van der Waals surface area contributed by atoms with Gasteiger partial charge in [-0.3, -0.25) is 4.79 Å². The maximum absolute atomic E-state index is 12.6. The van der Waals surface area contributed by atoms with Crippen molar-refractivity contribution in [3.8, 4) is 5.75 Å². The molecule has 0 bridgehead atoms. The van der Waals surface area contributed by atoms with Crippen molar-refractivity contribution in [1.29, 1.82) is 0 Å². The highest BCUT2D eigenvalue weighted by molar-refractivity contribution is 5.94. The molecule has 2 atom stereocenters. The lowest BCUT2D eigenvalue weighted by Gasteiger charge is -2.34. The number of likely N-dealkylation sites (tertiary alicyclic amines) is 1. The van der Waals surface area contributed by atoms with Gasteiger partial charge < -0.3 is 15.4 Å². The van der Waals surface area contributed by atoms with Gasteiger partial charge >= 0.3 is 0 Å². The summed E-state index contributed by atoms with van der Waals surface area (Å²) in [5.41, 5.74) is 6.67. The minimum Gasteiger partial charge on any atom is -0.494 e. The van der Waals surface area contributed by atoms with E-state index < -0.39 is 0 Å². The van der Waals surface area contributed by atoms with Crippen molar-refractivity contribution in [1.82, 2.24) is 4.90 Å². The van der Waals surface area contributed by atoms with Crippen molar-refractivity contribution in [3.63, 3.8) is 0 Å². The lowest BCUT2D eigenvalue weighted by molar-refractivity contribution is 0.0660. The van der Waals surface area contributed by atoms with Gasteiger partial charge in [0.2, 0.25) is 0 Å². The maximum atomic E-state index is 12.6. The highest BCUT2D eigenvalue weighted by Gasteiger charge is 2.26. The molecule has 0 radical (unpaired) electrons. The summed E-state index contributed by atoms with van der Waals surface area (Å²) in [4.78, 5) is 14.5. The third-order valence-corrected chi connectivity index (χ3v) is 3.88. The number of amides is 1. The van der Waals surface area contributed by atoms with Crippen LogP contribution in [0.5, 0.6) is 5.75 Å². The number of carbonyl (C=O) groups excluding carboxylic acids is 1. The van der Waals surface area contributed by atoms with Crippen LogP contribution < -0.4 is 10.5 Å². The quantitative estimate of drug-likeness (QED) is 0.918. The third kappa shape index (κ3) is 3.51. The van der Waals surface area contributed by atoms with Crippen molar-refractivity contribution in [2.75, 3.05) is 19.7 Å². The summed E-state index contributed by atoms with van der Waals surface area (Å²) < 4.78 is 5.45. The van der Waals surface area contributed by atoms with Gasteiger partial charge in [-0.2, -0.15) is 0 Å². The lowest BCUT2D eigenvalue weighted by Crippen LogP contribution is -2.45. The van der Waals surface area contributed by atoms with E-state index in [1.807, 2.05) is 43.0 Å². The summed E-state index contributed by atoms with van der Waals surface area (Å²) >= 11 is 0. The smallest absolute Gasteiger partial charge is 0.253 e. The number of carbonyl (C=O) groups is 1. The highest BCUT2D eigenvalue weighted by Crippen LogP contribution is 2.22. The number of rotatable bonds is 4. The highest BCUT2D eigenvalue weighted by atomic mass is 16.5. The summed E-state index contributed by atoms with van der Waals surface area (Å²) in [6.07, 6.45) is 2.14. The van der Waals surface area contributed by atoms with Crippen molar-refractivity contribution in [2.45, 2.75) is 32.7 Å². The van der Waals surface area contributed by atoms with E-state index in [1.54, 1.807) is 0 Å². The van der Waals surface area contributed by atoms with Crippen LogP contribution in [0.4, 0.5) is 0 Å². The van der Waals surface area contributed by atoms with Crippen molar-refractivity contribution >= 4 is 5.91 Å². The predicted octanol–water partition coefficient (Wildman–Crippen LogP) is 2.28. The van der Waals surface area contributed by atoms with E-state index in [2.05, 4.69) is 0 Å². The molecule has 1 aliphatic heterocycles. The zero-order valence-corrected chi connectivity index (χ0v) is 12.3. The van der Waals surface area contributed by atoms with E-state index in [0.717, 1.165) is 31.7 Å². The largest absolute Gasteiger partial charge is 0.494 e. The lowest BCUT2D eigenvalue weighted by atomic mass is 9.92. The number of ether oxygens (including phenoxy) is 1. The average molecular weight is 276 g/mol. The second-order valence-corrected chi connectivity index (χ2v) is 5.47. The van der Waals surface area contributed by atoms with Crippen molar-refractivity contribution in [3.05, 3.63) is 29.8 Å². The zero-order chi connectivity index (χ0) is 14.5. The van der Waals surface area contributed by atoms with Crippen LogP contribution in [0.25, 0.3) is 0 Å². The Bertz CT molecular complexity index is 460. The first kappa shape index (κ1) is 14.9. The van der Waals surface area contributed by atoms with Crippen LogP contribution in [0.3, 0.4) is 0 Å². The zero-order valence-electron chi connectivity index (χ0n) is 12.3. The van der Waals surface area contributed by atoms with E-state index in [4.69, 9.17) is 10.5 Å². The Hall–Kier alpha value is -1.55. The number of nitrogens with zero attached hydrogens (tertiary/aromatic N) is 1. The molecule has 1 amide bonds. The Kier molecular flexibility index (Phi) is 5.01. The fraction of sp³-hybridized carbons (Fsp3) is 0.562. The first-order valence-electron chi connectivity index (χ1n) is 7.39. The number of piperidine rings is 1. The fourth-order valence-electron chi connectivity index (χ4n) is 2.69. The van der Waals surface area contributed by atoms with Gasteiger partial charge in [0.15, 0.2) is 0 Å². The second-order valence-electron chi connectivity index (χ2n) is 5.47. The molecule has 0 saturated carbocycles. The van der Waals surface area contributed by atoms with Crippen LogP contribution >= 0.6 is 0 Å². The molecule has 1 aromatic rings. The van der Waals surface area contributed by atoms with Crippen LogP contribution in [0.1, 0.15) is 37.0 Å². The predicted molar refractivity (Wildman–Crippen MR) is 79.9 cm³/mol. The molecule has 2 rings (SSSR count). The first-order valence-corrected chi connectivity index (χ1v) is 7.39. The summed E-state index contributed by atoms with van der Waals surface area (Å²) in [5.74, 6) is 1.23. The minimum atomic E-state index is 0.0805. The van der Waals surface area contributed by atoms with Gasteiger partial charge in [0.1, 0.15) is 5.75 Å². The molecule has 2 N–H and O–H groups in total. The molecule has 110 valence electrons. The molecule has 0 unspecified atom stereocenters. The van der Waals surface area contributed by atoms with Crippen molar-refractivity contribution in [2.24, 2.45) is 11.7 Å². The molecule has 1 aromatic carbocycles. The number of nitrogens with two attached hydrogens (primary N) is 1. The maximum Gasteiger partial charge on any atom is 0.253 e. The molecular weight excluding hydrogens is 252 g/mol. The average Bonchev–Trinajstić information content (AvgIpc) is 2.47. The van der Waals surface area contributed by atoms with Crippen LogP contribution in [-0.2, 0) is 0 Å². The number of hydrogen-bond acceptors (Lipinski definition) is 3. The van der Waals surface area contributed by atoms with Gasteiger partial charge in [-0.25, -0.2) is 0 Å². The molecule has 20 heavy (non-hydrogen) atoms. The molecular formula is C16H24N2O2. The van der Waals surface area contributed by atoms with Gasteiger partial charge in [0, 0.05) is 24.7 Å². The Morgan fingerprint density at radius 2 is 2.35 bits per heavy atom. The topological polar surface area (TPSA) is 55.6 Å². The molecule has 0 aromatic heterocycles. The van der Waals surface area contributed by atoms with E-state index in [1.165, 1.54) is 0 Å². The van der Waals surface area contributed by atoms with Crippen molar-refractivity contribution < 1.29 is 9.53 Å². The van der Waals surface area contributed by atoms with Gasteiger partial charge in [-0.05, 0) is 50.8 Å². The number of benzene rings is 1. The van der Waals surface area contributed by atoms with Gasteiger partial charge in [0.05, 0.1) is 6.61 Å². The summed E-state index contributed by atoms with van der Waals surface area (Å²) in [6, 6.07) is 7.55.